The minimum absolute atomic E-state index is 0.103. The van der Waals surface area contributed by atoms with Crippen LogP contribution in [-0.4, -0.2) is 34.2 Å². The number of nitrogens with zero attached hydrogens (tertiary/aromatic N) is 4. The first-order valence-electron chi connectivity index (χ1n) is 8.83. The molecule has 3 aromatic rings. The zero-order valence-corrected chi connectivity index (χ0v) is 15.1. The summed E-state index contributed by atoms with van der Waals surface area (Å²) < 4.78 is 7.51. The lowest BCUT2D eigenvalue weighted by Gasteiger charge is -2.35. The number of nitrogens with two attached hydrogens (primary N) is 1. The van der Waals surface area contributed by atoms with Crippen LogP contribution in [0.1, 0.15) is 11.7 Å². The second kappa shape index (κ2) is 7.20. The Balaban J connectivity index is 1.69. The van der Waals surface area contributed by atoms with Gasteiger partial charge in [0.15, 0.2) is 0 Å². The Labute approximate surface area is 157 Å². The monoisotopic (exact) mass is 363 g/mol. The number of aromatic nitrogens is 3. The van der Waals surface area contributed by atoms with Gasteiger partial charge >= 0.3 is 0 Å². The van der Waals surface area contributed by atoms with Crippen LogP contribution >= 0.6 is 0 Å². The number of anilines is 2. The van der Waals surface area contributed by atoms with E-state index in [9.17, 15) is 4.79 Å². The van der Waals surface area contributed by atoms with Gasteiger partial charge < -0.3 is 15.4 Å². The van der Waals surface area contributed by atoms with Crippen LogP contribution in [-0.2, 0) is 11.8 Å². The highest BCUT2D eigenvalue weighted by atomic mass is 16.5. The highest BCUT2D eigenvalue weighted by Crippen LogP contribution is 2.29. The fourth-order valence-corrected chi connectivity index (χ4v) is 3.30. The summed E-state index contributed by atoms with van der Waals surface area (Å²) in [6, 6.07) is 12.9. The highest BCUT2D eigenvalue weighted by Gasteiger charge is 2.26. The van der Waals surface area contributed by atoms with E-state index < -0.39 is 0 Å². The zero-order chi connectivity index (χ0) is 18.8. The predicted molar refractivity (Wildman–Crippen MR) is 104 cm³/mol. The van der Waals surface area contributed by atoms with Crippen LogP contribution in [0.4, 0.5) is 11.6 Å². The predicted octanol–water partition coefficient (Wildman–Crippen LogP) is 2.00. The van der Waals surface area contributed by atoms with Gasteiger partial charge in [-0.05, 0) is 18.2 Å². The zero-order valence-electron chi connectivity index (χ0n) is 15.1. The van der Waals surface area contributed by atoms with Gasteiger partial charge in [-0.3, -0.25) is 14.3 Å². The Morgan fingerprint density at radius 1 is 1.19 bits per heavy atom. The van der Waals surface area contributed by atoms with Gasteiger partial charge in [0, 0.05) is 48.9 Å². The normalized spacial score (nSPS) is 17.1. The van der Waals surface area contributed by atoms with E-state index >= 15 is 0 Å². The molecule has 0 bridgehead atoms. The van der Waals surface area contributed by atoms with Gasteiger partial charge in [0.2, 0.25) is 5.95 Å². The van der Waals surface area contributed by atoms with Crippen molar-refractivity contribution in [3.63, 3.8) is 0 Å². The number of rotatable bonds is 3. The van der Waals surface area contributed by atoms with Crippen molar-refractivity contribution in [2.45, 2.75) is 6.10 Å². The summed E-state index contributed by atoms with van der Waals surface area (Å²) in [6.45, 7) is 1.77. The van der Waals surface area contributed by atoms with Crippen LogP contribution in [0.5, 0.6) is 0 Å². The molecule has 0 radical (unpaired) electrons. The molecule has 0 saturated carbocycles. The Morgan fingerprint density at radius 2 is 1.96 bits per heavy atom. The number of nitrogen functional groups attached to an aromatic ring is 1. The van der Waals surface area contributed by atoms with E-state index in [1.54, 1.807) is 30.1 Å². The molecule has 138 valence electrons. The summed E-state index contributed by atoms with van der Waals surface area (Å²) in [7, 11) is 1.74. The third-order valence-electron chi connectivity index (χ3n) is 4.78. The van der Waals surface area contributed by atoms with Crippen LogP contribution in [0, 0.1) is 0 Å². The summed E-state index contributed by atoms with van der Waals surface area (Å²) in [5, 5.41) is 0. The molecule has 0 unspecified atom stereocenters. The van der Waals surface area contributed by atoms with Gasteiger partial charge in [0.25, 0.3) is 5.56 Å². The first-order chi connectivity index (χ1) is 13.1. The van der Waals surface area contributed by atoms with Crippen LogP contribution in [0.25, 0.3) is 11.3 Å². The molecule has 1 aliphatic rings. The molecule has 27 heavy (non-hydrogen) atoms. The maximum absolute atomic E-state index is 12.5. The lowest BCUT2D eigenvalue weighted by Crippen LogP contribution is -2.41. The Kier molecular flexibility index (Phi) is 4.60. The molecule has 7 heteroatoms. The third kappa shape index (κ3) is 3.41. The Bertz CT molecular complexity index is 1000. The maximum atomic E-state index is 12.5. The molecule has 1 atom stereocenters. The summed E-state index contributed by atoms with van der Waals surface area (Å²) in [5.74, 6) is 0.622. The van der Waals surface area contributed by atoms with E-state index in [1.165, 1.54) is 0 Å². The average molecular weight is 363 g/mol. The third-order valence-corrected chi connectivity index (χ3v) is 4.78. The minimum Gasteiger partial charge on any atom is -0.398 e. The standard InChI is InChI=1S/C20H21N5O2/c1-24-19(26)12-17(14-6-8-22-9-7-14)23-20(24)25-10-11-27-18(13-25)15-4-2-3-5-16(15)21/h2-9,12,18H,10-11,13,21H2,1H3/t18-/m1/s1. The lowest BCUT2D eigenvalue weighted by molar-refractivity contribution is 0.0394. The molecule has 1 saturated heterocycles. The number of hydrogen-bond acceptors (Lipinski definition) is 6. The largest absolute Gasteiger partial charge is 0.398 e. The average Bonchev–Trinajstić information content (AvgIpc) is 2.71. The molecule has 7 nitrogen and oxygen atoms in total. The summed E-state index contributed by atoms with van der Waals surface area (Å²) in [5.41, 5.74) is 9.17. The van der Waals surface area contributed by atoms with E-state index in [4.69, 9.17) is 15.5 Å². The Hall–Kier alpha value is -3.19. The van der Waals surface area contributed by atoms with Crippen molar-refractivity contribution >= 4 is 11.6 Å². The molecular weight excluding hydrogens is 342 g/mol. The second-order valence-electron chi connectivity index (χ2n) is 6.51. The molecule has 0 aliphatic carbocycles. The van der Waals surface area contributed by atoms with Crippen molar-refractivity contribution in [2.75, 3.05) is 30.3 Å². The van der Waals surface area contributed by atoms with Gasteiger partial charge in [0.1, 0.15) is 6.10 Å². The summed E-state index contributed by atoms with van der Waals surface area (Å²) in [4.78, 5) is 23.4. The lowest BCUT2D eigenvalue weighted by atomic mass is 10.1. The van der Waals surface area contributed by atoms with Crippen LogP contribution in [0.15, 0.2) is 59.7 Å². The first kappa shape index (κ1) is 17.2. The molecule has 1 aliphatic heterocycles. The summed E-state index contributed by atoms with van der Waals surface area (Å²) in [6.07, 6.45) is 3.22. The molecule has 2 N–H and O–H groups in total. The van der Waals surface area contributed by atoms with Gasteiger partial charge in [-0.1, -0.05) is 18.2 Å². The van der Waals surface area contributed by atoms with Crippen LogP contribution < -0.4 is 16.2 Å². The van der Waals surface area contributed by atoms with Gasteiger partial charge in [-0.25, -0.2) is 4.98 Å². The molecule has 1 aromatic carbocycles. The van der Waals surface area contributed by atoms with E-state index in [-0.39, 0.29) is 11.7 Å². The molecule has 3 heterocycles. The van der Waals surface area contributed by atoms with Crippen molar-refractivity contribution in [3.8, 4) is 11.3 Å². The van der Waals surface area contributed by atoms with Crippen LogP contribution in [0.2, 0.25) is 0 Å². The van der Waals surface area contributed by atoms with Crippen LogP contribution in [0.3, 0.4) is 0 Å². The number of pyridine rings is 1. The molecular formula is C20H21N5O2. The van der Waals surface area contributed by atoms with Crippen molar-refractivity contribution in [1.29, 1.82) is 0 Å². The Morgan fingerprint density at radius 3 is 2.74 bits per heavy atom. The summed E-state index contributed by atoms with van der Waals surface area (Å²) >= 11 is 0. The molecule has 4 rings (SSSR count). The van der Waals surface area contributed by atoms with Crippen molar-refractivity contribution in [1.82, 2.24) is 14.5 Å². The smallest absolute Gasteiger partial charge is 0.255 e. The second-order valence-corrected chi connectivity index (χ2v) is 6.51. The molecule has 0 amide bonds. The fraction of sp³-hybridized carbons (Fsp3) is 0.250. The topological polar surface area (TPSA) is 86.3 Å². The van der Waals surface area contributed by atoms with E-state index in [0.29, 0.717) is 37.0 Å². The van der Waals surface area contributed by atoms with Crippen molar-refractivity contribution < 1.29 is 4.74 Å². The number of ether oxygens (including phenoxy) is 1. The van der Waals surface area contributed by atoms with Gasteiger partial charge in [-0.15, -0.1) is 0 Å². The molecule has 1 fully saturated rings. The number of morpholine rings is 1. The van der Waals surface area contributed by atoms with Gasteiger partial charge in [-0.2, -0.15) is 0 Å². The maximum Gasteiger partial charge on any atom is 0.255 e. The van der Waals surface area contributed by atoms with E-state index in [2.05, 4.69) is 9.88 Å². The number of benzene rings is 1. The van der Waals surface area contributed by atoms with E-state index in [0.717, 1.165) is 11.1 Å². The minimum atomic E-state index is -0.165. The highest BCUT2D eigenvalue weighted by molar-refractivity contribution is 5.59. The van der Waals surface area contributed by atoms with Crippen molar-refractivity contribution in [2.24, 2.45) is 7.05 Å². The van der Waals surface area contributed by atoms with Gasteiger partial charge in [0.05, 0.1) is 18.8 Å². The first-order valence-corrected chi connectivity index (χ1v) is 8.83. The quantitative estimate of drug-likeness (QED) is 0.717. The SMILES string of the molecule is Cn1c(N2CCO[C@@H](c3ccccc3N)C2)nc(-c2ccncc2)cc1=O. The van der Waals surface area contributed by atoms with E-state index in [1.807, 2.05) is 36.4 Å². The van der Waals surface area contributed by atoms with Crippen molar-refractivity contribution in [3.05, 3.63) is 70.8 Å². The number of hydrogen-bond donors (Lipinski definition) is 1. The number of para-hydroxylation sites is 1. The molecule has 2 aromatic heterocycles. The fourth-order valence-electron chi connectivity index (χ4n) is 3.30. The molecule has 0 spiro atoms.